The minimum Gasteiger partial charge on any atom is -0.382 e. The number of fused-ring (bicyclic) bond motifs is 1. The van der Waals surface area contributed by atoms with E-state index >= 15 is 0 Å². The number of benzene rings is 1. The van der Waals surface area contributed by atoms with Crippen LogP contribution in [0, 0.1) is 12.8 Å². The van der Waals surface area contributed by atoms with Crippen LogP contribution in [-0.4, -0.2) is 24.5 Å². The molecule has 2 N–H and O–H groups in total. The van der Waals surface area contributed by atoms with Gasteiger partial charge in [-0.15, -0.1) is 0 Å². The molecule has 1 atom stereocenters. The van der Waals surface area contributed by atoms with E-state index in [1.54, 1.807) is 0 Å². The number of aromatic nitrogens is 3. The van der Waals surface area contributed by atoms with Gasteiger partial charge < -0.3 is 10.3 Å². The van der Waals surface area contributed by atoms with Gasteiger partial charge in [-0.25, -0.2) is 9.97 Å². The third-order valence-electron chi connectivity index (χ3n) is 4.95. The van der Waals surface area contributed by atoms with Crippen LogP contribution in [0.5, 0.6) is 0 Å². The second kappa shape index (κ2) is 7.19. The minimum absolute atomic E-state index is 0.495. The molecule has 2 heterocycles. The number of nitrogens with two attached hydrogens (primary N) is 1. The zero-order valence-electron chi connectivity index (χ0n) is 15.0. The highest BCUT2D eigenvalue weighted by molar-refractivity contribution is 7.85. The summed E-state index contributed by atoms with van der Waals surface area (Å²) in [6, 6.07) is 9.67. The van der Waals surface area contributed by atoms with E-state index in [1.807, 2.05) is 36.5 Å². The van der Waals surface area contributed by atoms with E-state index in [-0.39, 0.29) is 0 Å². The van der Waals surface area contributed by atoms with Crippen molar-refractivity contribution in [3.05, 3.63) is 47.9 Å². The summed E-state index contributed by atoms with van der Waals surface area (Å²) >= 11 is 0. The van der Waals surface area contributed by atoms with Crippen LogP contribution in [0.25, 0.3) is 11.0 Å². The number of anilines is 1. The van der Waals surface area contributed by atoms with Gasteiger partial charge in [0.05, 0.1) is 16.3 Å². The summed E-state index contributed by atoms with van der Waals surface area (Å²) in [6.07, 6.45) is 6.22. The van der Waals surface area contributed by atoms with Gasteiger partial charge in [0.1, 0.15) is 11.3 Å². The van der Waals surface area contributed by atoms with Crippen LogP contribution in [0.2, 0.25) is 0 Å². The lowest BCUT2D eigenvalue weighted by Crippen LogP contribution is -2.09. The number of aryl methyl sites for hydroxylation is 2. The Morgan fingerprint density at radius 3 is 2.77 bits per heavy atom. The van der Waals surface area contributed by atoms with Crippen LogP contribution in [0.4, 0.5) is 5.82 Å². The van der Waals surface area contributed by atoms with Crippen LogP contribution in [0.1, 0.15) is 30.7 Å². The number of nitrogens with zero attached hydrogens (tertiary/aromatic N) is 3. The van der Waals surface area contributed by atoms with Gasteiger partial charge in [0.15, 0.2) is 5.82 Å². The number of nitrogen functional groups attached to an aromatic ring is 1. The van der Waals surface area contributed by atoms with E-state index in [2.05, 4.69) is 16.5 Å². The van der Waals surface area contributed by atoms with Crippen LogP contribution in [0.15, 0.2) is 41.4 Å². The summed E-state index contributed by atoms with van der Waals surface area (Å²) in [6.45, 7) is 2.86. The third-order valence-corrected chi connectivity index (χ3v) is 6.40. The molecule has 26 heavy (non-hydrogen) atoms. The second-order valence-corrected chi connectivity index (χ2v) is 8.64. The van der Waals surface area contributed by atoms with Crippen molar-refractivity contribution < 1.29 is 4.21 Å². The maximum Gasteiger partial charge on any atom is 0.151 e. The largest absolute Gasteiger partial charge is 0.382 e. The van der Waals surface area contributed by atoms with Gasteiger partial charge in [-0.2, -0.15) is 0 Å². The summed E-state index contributed by atoms with van der Waals surface area (Å²) < 4.78 is 14.8. The Labute approximate surface area is 156 Å². The van der Waals surface area contributed by atoms with Gasteiger partial charge >= 0.3 is 0 Å². The molecule has 1 aromatic carbocycles. The highest BCUT2D eigenvalue weighted by Gasteiger charge is 2.25. The molecule has 1 saturated carbocycles. The highest BCUT2D eigenvalue weighted by Crippen LogP contribution is 2.34. The zero-order valence-corrected chi connectivity index (χ0v) is 15.8. The molecule has 0 aliphatic heterocycles. The van der Waals surface area contributed by atoms with E-state index < -0.39 is 10.8 Å². The normalized spacial score (nSPS) is 15.4. The number of imidazole rings is 1. The number of hydrogen-bond donors (Lipinski definition) is 1. The summed E-state index contributed by atoms with van der Waals surface area (Å²) in [7, 11) is -0.964. The first-order chi connectivity index (χ1) is 12.6. The Morgan fingerprint density at radius 2 is 2.04 bits per heavy atom. The molecule has 0 radical (unpaired) electrons. The molecule has 0 spiro atoms. The van der Waals surface area contributed by atoms with Gasteiger partial charge in [-0.3, -0.25) is 4.21 Å². The van der Waals surface area contributed by atoms with Gasteiger partial charge in [0, 0.05) is 29.8 Å². The fourth-order valence-corrected chi connectivity index (χ4v) is 4.47. The van der Waals surface area contributed by atoms with Crippen molar-refractivity contribution in [2.75, 3.05) is 11.5 Å². The summed E-state index contributed by atoms with van der Waals surface area (Å²) in [5.74, 6) is 2.98. The predicted octanol–water partition coefficient (Wildman–Crippen LogP) is 3.47. The topological polar surface area (TPSA) is 73.8 Å². The Morgan fingerprint density at radius 1 is 1.27 bits per heavy atom. The van der Waals surface area contributed by atoms with Gasteiger partial charge in [-0.1, -0.05) is 18.2 Å². The van der Waals surface area contributed by atoms with Crippen LogP contribution < -0.4 is 5.73 Å². The van der Waals surface area contributed by atoms with Gasteiger partial charge in [0.25, 0.3) is 0 Å². The lowest BCUT2D eigenvalue weighted by atomic mass is 10.2. The highest BCUT2D eigenvalue weighted by atomic mass is 32.2. The maximum absolute atomic E-state index is 12.5. The Bertz CT molecular complexity index is 947. The third kappa shape index (κ3) is 3.51. The molecule has 0 saturated heterocycles. The molecule has 1 fully saturated rings. The van der Waals surface area contributed by atoms with Crippen molar-refractivity contribution in [2.24, 2.45) is 5.92 Å². The Balaban J connectivity index is 1.56. The molecule has 1 aliphatic carbocycles. The molecule has 1 aliphatic rings. The fraction of sp³-hybridized carbons (Fsp3) is 0.400. The van der Waals surface area contributed by atoms with E-state index in [1.165, 1.54) is 12.8 Å². The minimum atomic E-state index is -0.964. The first-order valence-corrected chi connectivity index (χ1v) is 10.5. The molecule has 0 bridgehead atoms. The van der Waals surface area contributed by atoms with E-state index in [0.717, 1.165) is 52.6 Å². The molecule has 0 amide bonds. The van der Waals surface area contributed by atoms with Gasteiger partial charge in [-0.05, 0) is 49.8 Å². The molecule has 1 unspecified atom stereocenters. The summed E-state index contributed by atoms with van der Waals surface area (Å²) in [4.78, 5) is 9.96. The van der Waals surface area contributed by atoms with Crippen LogP contribution in [0.3, 0.4) is 0 Å². The van der Waals surface area contributed by atoms with E-state index in [9.17, 15) is 4.21 Å². The van der Waals surface area contributed by atoms with Crippen molar-refractivity contribution in [1.29, 1.82) is 0 Å². The lowest BCUT2D eigenvalue weighted by molar-refractivity contribution is 0.627. The number of rotatable bonds is 7. The molecule has 3 aromatic rings. The molecule has 6 heteroatoms. The van der Waals surface area contributed by atoms with Crippen molar-refractivity contribution in [3.8, 4) is 0 Å². The summed E-state index contributed by atoms with van der Waals surface area (Å²) in [5, 5.41) is 0. The molecule has 5 nitrogen and oxygen atoms in total. The Hall–Kier alpha value is -2.21. The maximum atomic E-state index is 12.5. The average Bonchev–Trinajstić information content (AvgIpc) is 3.39. The van der Waals surface area contributed by atoms with Crippen molar-refractivity contribution in [1.82, 2.24) is 14.5 Å². The van der Waals surface area contributed by atoms with Crippen LogP contribution in [-0.2, 0) is 23.8 Å². The Kier molecular flexibility index (Phi) is 4.76. The second-order valence-electron chi connectivity index (χ2n) is 7.07. The van der Waals surface area contributed by atoms with Gasteiger partial charge in [0.2, 0.25) is 0 Å². The van der Waals surface area contributed by atoms with E-state index in [0.29, 0.717) is 11.6 Å². The molecule has 2 aromatic heterocycles. The molecule has 4 rings (SSSR count). The SMILES string of the molecule is Cc1cnc(N)c2nc(CC3CC3)n(CCCS(=O)c3ccccc3)c12. The quantitative estimate of drug-likeness (QED) is 0.693. The smallest absolute Gasteiger partial charge is 0.151 e. The summed E-state index contributed by atoms with van der Waals surface area (Å²) in [5.41, 5.74) is 9.05. The monoisotopic (exact) mass is 368 g/mol. The van der Waals surface area contributed by atoms with Crippen molar-refractivity contribution >= 4 is 27.7 Å². The van der Waals surface area contributed by atoms with E-state index in [4.69, 9.17) is 10.7 Å². The fourth-order valence-electron chi connectivity index (χ4n) is 3.39. The van der Waals surface area contributed by atoms with Crippen LogP contribution >= 0.6 is 0 Å². The number of hydrogen-bond acceptors (Lipinski definition) is 4. The number of pyridine rings is 1. The molecular weight excluding hydrogens is 344 g/mol. The molecular formula is C20H24N4OS. The van der Waals surface area contributed by atoms with Crippen molar-refractivity contribution in [3.63, 3.8) is 0 Å². The molecule has 136 valence electrons. The zero-order chi connectivity index (χ0) is 18.1. The standard InChI is InChI=1S/C20H24N4OS/c1-14-13-22-20(21)18-19(14)24(17(23-18)12-15-8-9-15)10-5-11-26(25)16-6-3-2-4-7-16/h2-4,6-7,13,15H,5,8-12H2,1H3,(H2,21,22). The predicted molar refractivity (Wildman–Crippen MR) is 105 cm³/mol. The average molecular weight is 369 g/mol. The van der Waals surface area contributed by atoms with Crippen molar-refractivity contribution in [2.45, 2.75) is 44.0 Å². The lowest BCUT2D eigenvalue weighted by Gasteiger charge is -2.10. The first-order valence-electron chi connectivity index (χ1n) is 9.17. The first kappa shape index (κ1) is 17.2.